The Morgan fingerprint density at radius 2 is 0.765 bits per heavy atom. The molecule has 1 rings (SSSR count). The molecule has 0 saturated heterocycles. The number of halogens is 5. The van der Waals surface area contributed by atoms with Gasteiger partial charge in [-0.1, -0.05) is 58.0 Å². The molecule has 92 valence electrons. The van der Waals surface area contributed by atoms with Crippen LogP contribution in [0.4, 0.5) is 0 Å². The summed E-state index contributed by atoms with van der Waals surface area (Å²) in [6, 6.07) is 0. The van der Waals surface area contributed by atoms with E-state index in [9.17, 15) is 5.11 Å². The van der Waals surface area contributed by atoms with Crippen LogP contribution in [0.2, 0.25) is 25.1 Å². The molecule has 0 atom stereocenters. The topological polar surface area (TPSA) is 20.2 Å². The third-order valence-corrected chi connectivity index (χ3v) is 3.44. The van der Waals surface area contributed by atoms with Crippen molar-refractivity contribution in [2.75, 3.05) is 0 Å². The first-order valence-electron chi connectivity index (χ1n) is 3.67. The molecule has 0 aliphatic carbocycles. The van der Waals surface area contributed by atoms with Crippen LogP contribution in [-0.2, 0) is 0 Å². The van der Waals surface area contributed by atoms with Crippen molar-refractivity contribution in [1.29, 1.82) is 0 Å². The number of aromatic hydroxyl groups is 1. The van der Waals surface area contributed by atoms with E-state index in [1.54, 1.807) is 0 Å². The molecule has 0 bridgehead atoms. The van der Waals surface area contributed by atoms with Crippen molar-refractivity contribution < 1.29 is 5.11 Å². The first kappa shape index (κ1) is 23.1. The van der Waals surface area contributed by atoms with E-state index in [1.165, 1.54) is 0 Å². The number of hydrogen-bond donors (Lipinski definition) is 1. The number of benzene rings is 1. The van der Waals surface area contributed by atoms with Gasteiger partial charge in [-0.25, -0.2) is 0 Å². The number of phenols is 1. The summed E-state index contributed by atoms with van der Waals surface area (Å²) in [6.07, 6.45) is 0. The van der Waals surface area contributed by atoms with Gasteiger partial charge < -0.3 is 5.11 Å². The number of hydrogen-bond acceptors (Lipinski definition) is 1. The molecule has 1 aromatic rings. The van der Waals surface area contributed by atoms with Crippen molar-refractivity contribution in [3.8, 4) is 5.75 Å². The molecule has 0 amide bonds. The van der Waals surface area contributed by atoms with E-state index in [2.05, 4.69) is 26.3 Å². The Morgan fingerprint density at radius 3 is 1.00 bits per heavy atom. The molecule has 0 unspecified atom stereocenters. The Kier molecular flexibility index (Phi) is 16.3. The maximum absolute atomic E-state index is 9.20. The average Bonchev–Trinajstić information content (AvgIpc) is 2.36. The van der Waals surface area contributed by atoms with Crippen LogP contribution in [0.25, 0.3) is 0 Å². The first-order chi connectivity index (χ1) is 7.46. The van der Waals surface area contributed by atoms with Gasteiger partial charge in [-0.05, 0) is 0 Å². The van der Waals surface area contributed by atoms with Crippen molar-refractivity contribution >= 4 is 87.6 Å². The molecule has 17 heavy (non-hydrogen) atoms. The second kappa shape index (κ2) is 12.0. The van der Waals surface area contributed by atoms with Crippen LogP contribution >= 0.6 is 58.0 Å². The van der Waals surface area contributed by atoms with Crippen LogP contribution < -0.4 is 0 Å². The molecule has 0 fully saturated rings. The fourth-order valence-electron chi connectivity index (χ4n) is 0.593. The van der Waals surface area contributed by atoms with Crippen LogP contribution in [0.1, 0.15) is 0 Å². The normalized spacial score (nSPS) is 7.82. The molecule has 0 aliphatic rings. The van der Waals surface area contributed by atoms with E-state index in [0.717, 1.165) is 0 Å². The van der Waals surface area contributed by atoms with E-state index >= 15 is 0 Å². The molecular weight excluding hydrogens is 336 g/mol. The van der Waals surface area contributed by atoms with Gasteiger partial charge in [-0.3, -0.25) is 0 Å². The standard InChI is InChI=1S/C6HCl5O.2C2H4.Na.H/c7-1-2(8)4(10)6(12)5(11)3(1)9;2*1-2;;/h12H;2*1-2H2;;. The van der Waals surface area contributed by atoms with E-state index < -0.39 is 0 Å². The van der Waals surface area contributed by atoms with Gasteiger partial charge in [0.25, 0.3) is 0 Å². The SMILES string of the molecule is C=C.C=C.Oc1c(Cl)c(Cl)c(Cl)c(Cl)c1Cl.[NaH]. The van der Waals surface area contributed by atoms with E-state index in [-0.39, 0.29) is 60.4 Å². The second-order valence-electron chi connectivity index (χ2n) is 1.92. The maximum atomic E-state index is 9.20. The molecule has 1 aromatic carbocycles. The summed E-state index contributed by atoms with van der Waals surface area (Å²) >= 11 is 27.9. The summed E-state index contributed by atoms with van der Waals surface area (Å²) < 4.78 is 0. The molecule has 0 aliphatic heterocycles. The molecule has 1 N–H and O–H groups in total. The molecule has 7 heteroatoms. The Labute approximate surface area is 148 Å². The van der Waals surface area contributed by atoms with Gasteiger partial charge in [0.05, 0.1) is 15.1 Å². The minimum atomic E-state index is -0.363. The predicted molar refractivity (Wildman–Crippen MR) is 82.8 cm³/mol. The fourth-order valence-corrected chi connectivity index (χ4v) is 1.72. The van der Waals surface area contributed by atoms with Gasteiger partial charge >= 0.3 is 29.6 Å². The van der Waals surface area contributed by atoms with Gasteiger partial charge in [-0.15, -0.1) is 26.3 Å². The van der Waals surface area contributed by atoms with E-state index in [1.807, 2.05) is 0 Å². The van der Waals surface area contributed by atoms with Crippen LogP contribution in [0.15, 0.2) is 26.3 Å². The zero-order chi connectivity index (χ0) is 13.5. The summed E-state index contributed by atoms with van der Waals surface area (Å²) in [4.78, 5) is 0. The molecular formula is C10H10Cl5NaO. The molecule has 0 radical (unpaired) electrons. The molecule has 0 aromatic heterocycles. The summed E-state index contributed by atoms with van der Waals surface area (Å²) in [5.41, 5.74) is 0. The number of phenolic OH excluding ortho intramolecular Hbond substituents is 1. The number of rotatable bonds is 0. The molecule has 0 saturated carbocycles. The van der Waals surface area contributed by atoms with Crippen molar-refractivity contribution in [3.63, 3.8) is 0 Å². The monoisotopic (exact) mass is 344 g/mol. The van der Waals surface area contributed by atoms with Crippen molar-refractivity contribution in [3.05, 3.63) is 51.4 Å². The van der Waals surface area contributed by atoms with Gasteiger partial charge in [-0.2, -0.15) is 0 Å². The van der Waals surface area contributed by atoms with Crippen molar-refractivity contribution in [2.24, 2.45) is 0 Å². The first-order valence-corrected chi connectivity index (χ1v) is 5.56. The summed E-state index contributed by atoms with van der Waals surface area (Å²) in [5.74, 6) is -0.363. The Hall–Kier alpha value is 0.950. The predicted octanol–water partition coefficient (Wildman–Crippen LogP) is 5.62. The zero-order valence-electron chi connectivity index (χ0n) is 8.17. The van der Waals surface area contributed by atoms with Gasteiger partial charge in [0.1, 0.15) is 10.0 Å². The second-order valence-corrected chi connectivity index (χ2v) is 3.81. The fraction of sp³-hybridized carbons (Fsp3) is 0. The Morgan fingerprint density at radius 1 is 0.588 bits per heavy atom. The Bertz CT molecular complexity index is 263. The zero-order valence-corrected chi connectivity index (χ0v) is 11.9. The van der Waals surface area contributed by atoms with Gasteiger partial charge in [0.2, 0.25) is 0 Å². The summed E-state index contributed by atoms with van der Waals surface area (Å²) in [5, 5.41) is 9.01. The molecule has 0 heterocycles. The minimum absolute atomic E-state index is 0. The summed E-state index contributed by atoms with van der Waals surface area (Å²) in [7, 11) is 0. The van der Waals surface area contributed by atoms with Crippen LogP contribution in [0.3, 0.4) is 0 Å². The van der Waals surface area contributed by atoms with E-state index in [0.29, 0.717) is 0 Å². The third kappa shape index (κ3) is 6.09. The van der Waals surface area contributed by atoms with Crippen LogP contribution in [0, 0.1) is 0 Å². The van der Waals surface area contributed by atoms with Gasteiger partial charge in [0, 0.05) is 0 Å². The third-order valence-electron chi connectivity index (χ3n) is 1.19. The molecule has 1 nitrogen and oxygen atoms in total. The van der Waals surface area contributed by atoms with Gasteiger partial charge in [0.15, 0.2) is 5.75 Å². The quantitative estimate of drug-likeness (QED) is 0.280. The molecule has 0 spiro atoms. The van der Waals surface area contributed by atoms with E-state index in [4.69, 9.17) is 58.0 Å². The average molecular weight is 346 g/mol. The van der Waals surface area contributed by atoms with Crippen molar-refractivity contribution in [2.45, 2.75) is 0 Å². The Balaban J connectivity index is -0.000000355. The summed E-state index contributed by atoms with van der Waals surface area (Å²) in [6.45, 7) is 12.0. The van der Waals surface area contributed by atoms with Crippen LogP contribution in [-0.4, -0.2) is 34.7 Å². The van der Waals surface area contributed by atoms with Crippen LogP contribution in [0.5, 0.6) is 5.75 Å². The van der Waals surface area contributed by atoms with Crippen molar-refractivity contribution in [1.82, 2.24) is 0 Å².